The SMILES string of the molecule is CC(C)C(C)(C)CNc1cc(C(N)=O)ccc1[N+](=O)[O-]. The lowest BCUT2D eigenvalue weighted by molar-refractivity contribution is -0.384. The van der Waals surface area contributed by atoms with Crippen LogP contribution in [-0.2, 0) is 0 Å². The van der Waals surface area contributed by atoms with E-state index in [1.54, 1.807) is 0 Å². The highest BCUT2D eigenvalue weighted by Crippen LogP contribution is 2.30. The van der Waals surface area contributed by atoms with Crippen LogP contribution in [0, 0.1) is 21.4 Å². The van der Waals surface area contributed by atoms with E-state index in [0.717, 1.165) is 0 Å². The van der Waals surface area contributed by atoms with Crippen LogP contribution in [0.4, 0.5) is 11.4 Å². The second kappa shape index (κ2) is 5.90. The maximum atomic E-state index is 11.2. The lowest BCUT2D eigenvalue weighted by Gasteiger charge is -2.29. The van der Waals surface area contributed by atoms with Gasteiger partial charge in [0.05, 0.1) is 4.92 Å². The minimum absolute atomic E-state index is 0.0312. The first kappa shape index (κ1) is 15.9. The van der Waals surface area contributed by atoms with E-state index >= 15 is 0 Å². The van der Waals surface area contributed by atoms with E-state index in [0.29, 0.717) is 18.2 Å². The molecule has 0 aliphatic rings. The van der Waals surface area contributed by atoms with Gasteiger partial charge >= 0.3 is 0 Å². The van der Waals surface area contributed by atoms with E-state index in [-0.39, 0.29) is 16.7 Å². The van der Waals surface area contributed by atoms with Crippen LogP contribution in [0.25, 0.3) is 0 Å². The minimum Gasteiger partial charge on any atom is -0.379 e. The first-order valence-electron chi connectivity index (χ1n) is 6.47. The smallest absolute Gasteiger partial charge is 0.292 e. The first-order valence-corrected chi connectivity index (χ1v) is 6.47. The fourth-order valence-electron chi connectivity index (χ4n) is 1.52. The molecule has 0 atom stereocenters. The molecular formula is C14H21N3O3. The van der Waals surface area contributed by atoms with Crippen molar-refractivity contribution in [3.05, 3.63) is 33.9 Å². The highest BCUT2D eigenvalue weighted by molar-refractivity contribution is 5.94. The van der Waals surface area contributed by atoms with E-state index in [4.69, 9.17) is 5.73 Å². The third-order valence-corrected chi connectivity index (χ3v) is 3.78. The Bertz CT molecular complexity index is 524. The topological polar surface area (TPSA) is 98.3 Å². The van der Waals surface area contributed by atoms with Gasteiger partial charge in [-0.2, -0.15) is 0 Å². The molecule has 0 aliphatic carbocycles. The molecule has 0 aromatic heterocycles. The molecule has 0 aliphatic heterocycles. The van der Waals surface area contributed by atoms with Crippen molar-refractivity contribution in [2.45, 2.75) is 27.7 Å². The van der Waals surface area contributed by atoms with Crippen LogP contribution < -0.4 is 11.1 Å². The van der Waals surface area contributed by atoms with Gasteiger partial charge in [0.2, 0.25) is 5.91 Å². The molecule has 0 saturated heterocycles. The van der Waals surface area contributed by atoms with E-state index in [2.05, 4.69) is 33.0 Å². The number of carbonyl (C=O) groups is 1. The van der Waals surface area contributed by atoms with E-state index in [1.165, 1.54) is 18.2 Å². The van der Waals surface area contributed by atoms with Crippen LogP contribution in [0.2, 0.25) is 0 Å². The number of hydrogen-bond donors (Lipinski definition) is 2. The molecule has 20 heavy (non-hydrogen) atoms. The molecule has 1 aromatic carbocycles. The van der Waals surface area contributed by atoms with Crippen molar-refractivity contribution in [3.63, 3.8) is 0 Å². The Kier molecular flexibility index (Phi) is 4.70. The van der Waals surface area contributed by atoms with E-state index < -0.39 is 10.8 Å². The number of nitro benzene ring substituents is 1. The van der Waals surface area contributed by atoms with Crippen LogP contribution in [-0.4, -0.2) is 17.4 Å². The van der Waals surface area contributed by atoms with Gasteiger partial charge in [-0.3, -0.25) is 14.9 Å². The molecule has 6 nitrogen and oxygen atoms in total. The van der Waals surface area contributed by atoms with Crippen molar-refractivity contribution in [1.82, 2.24) is 0 Å². The molecule has 6 heteroatoms. The average molecular weight is 279 g/mol. The number of nitro groups is 1. The summed E-state index contributed by atoms with van der Waals surface area (Å²) in [4.78, 5) is 21.7. The van der Waals surface area contributed by atoms with E-state index in [1.807, 2.05) is 0 Å². The maximum Gasteiger partial charge on any atom is 0.292 e. The number of nitrogens with two attached hydrogens (primary N) is 1. The zero-order chi connectivity index (χ0) is 15.5. The molecule has 1 rings (SSSR count). The molecule has 0 radical (unpaired) electrons. The van der Waals surface area contributed by atoms with Gasteiger partial charge < -0.3 is 11.1 Å². The van der Waals surface area contributed by atoms with Crippen molar-refractivity contribution in [1.29, 1.82) is 0 Å². The summed E-state index contributed by atoms with van der Waals surface area (Å²) >= 11 is 0. The van der Waals surface area contributed by atoms with Crippen LogP contribution in [0.1, 0.15) is 38.1 Å². The summed E-state index contributed by atoms with van der Waals surface area (Å²) < 4.78 is 0. The fraction of sp³-hybridized carbons (Fsp3) is 0.500. The summed E-state index contributed by atoms with van der Waals surface area (Å²) in [7, 11) is 0. The summed E-state index contributed by atoms with van der Waals surface area (Å²) in [6.07, 6.45) is 0. The van der Waals surface area contributed by atoms with Gasteiger partial charge in [-0.15, -0.1) is 0 Å². The number of nitrogens with zero attached hydrogens (tertiary/aromatic N) is 1. The molecular weight excluding hydrogens is 258 g/mol. The van der Waals surface area contributed by atoms with Gasteiger partial charge in [0.25, 0.3) is 5.69 Å². The zero-order valence-electron chi connectivity index (χ0n) is 12.3. The Morgan fingerprint density at radius 1 is 1.45 bits per heavy atom. The third-order valence-electron chi connectivity index (χ3n) is 3.78. The fourth-order valence-corrected chi connectivity index (χ4v) is 1.52. The Morgan fingerprint density at radius 3 is 2.50 bits per heavy atom. The number of nitrogens with one attached hydrogen (secondary N) is 1. The Morgan fingerprint density at radius 2 is 2.05 bits per heavy atom. The molecule has 110 valence electrons. The molecule has 0 unspecified atom stereocenters. The molecule has 1 amide bonds. The highest BCUT2D eigenvalue weighted by atomic mass is 16.6. The van der Waals surface area contributed by atoms with Crippen molar-refractivity contribution in [2.24, 2.45) is 17.1 Å². The molecule has 0 heterocycles. The Balaban J connectivity index is 3.05. The molecule has 0 spiro atoms. The lowest BCUT2D eigenvalue weighted by atomic mass is 9.81. The van der Waals surface area contributed by atoms with Crippen LogP contribution in [0.5, 0.6) is 0 Å². The van der Waals surface area contributed by atoms with Gasteiger partial charge in [0, 0.05) is 18.2 Å². The quantitative estimate of drug-likeness (QED) is 0.618. The number of anilines is 1. The molecule has 3 N–H and O–H groups in total. The van der Waals surface area contributed by atoms with Gasteiger partial charge in [-0.25, -0.2) is 0 Å². The summed E-state index contributed by atoms with van der Waals surface area (Å²) in [5.41, 5.74) is 5.68. The maximum absolute atomic E-state index is 11.2. The number of amides is 1. The normalized spacial score (nSPS) is 11.4. The number of carbonyl (C=O) groups excluding carboxylic acids is 1. The van der Waals surface area contributed by atoms with Gasteiger partial charge in [0.1, 0.15) is 5.69 Å². The summed E-state index contributed by atoms with van der Waals surface area (Å²) in [5, 5.41) is 14.1. The standard InChI is InChI=1S/C14H21N3O3/c1-9(2)14(3,4)8-16-11-7-10(13(15)18)5-6-12(11)17(19)20/h5-7,9,16H,8H2,1-4H3,(H2,15,18). The number of primary amides is 1. The molecule has 0 saturated carbocycles. The second-order valence-electron chi connectivity index (χ2n) is 5.85. The third kappa shape index (κ3) is 3.69. The minimum atomic E-state index is -0.605. The first-order chi connectivity index (χ1) is 9.15. The lowest BCUT2D eigenvalue weighted by Crippen LogP contribution is -2.28. The highest BCUT2D eigenvalue weighted by Gasteiger charge is 2.24. The Labute approximate surface area is 118 Å². The molecule has 1 aromatic rings. The van der Waals surface area contributed by atoms with Crippen LogP contribution >= 0.6 is 0 Å². The second-order valence-corrected chi connectivity index (χ2v) is 5.85. The molecule has 0 fully saturated rings. The van der Waals surface area contributed by atoms with Crippen LogP contribution in [0.3, 0.4) is 0 Å². The zero-order valence-corrected chi connectivity index (χ0v) is 12.3. The predicted octanol–water partition coefficient (Wildman–Crippen LogP) is 2.79. The summed E-state index contributed by atoms with van der Waals surface area (Å²) in [6.45, 7) is 8.91. The van der Waals surface area contributed by atoms with Gasteiger partial charge in [-0.1, -0.05) is 27.7 Å². The summed E-state index contributed by atoms with van der Waals surface area (Å²) in [5.74, 6) is -0.195. The van der Waals surface area contributed by atoms with Crippen molar-refractivity contribution < 1.29 is 9.72 Å². The largest absolute Gasteiger partial charge is 0.379 e. The summed E-state index contributed by atoms with van der Waals surface area (Å²) in [6, 6.07) is 4.08. The van der Waals surface area contributed by atoms with Crippen LogP contribution in [0.15, 0.2) is 18.2 Å². The number of hydrogen-bond acceptors (Lipinski definition) is 4. The Hall–Kier alpha value is -2.11. The predicted molar refractivity (Wildman–Crippen MR) is 78.7 cm³/mol. The van der Waals surface area contributed by atoms with Crippen molar-refractivity contribution in [2.75, 3.05) is 11.9 Å². The average Bonchev–Trinajstić information content (AvgIpc) is 2.35. The monoisotopic (exact) mass is 279 g/mol. The molecule has 0 bridgehead atoms. The number of rotatable bonds is 6. The van der Waals surface area contributed by atoms with E-state index in [9.17, 15) is 14.9 Å². The van der Waals surface area contributed by atoms with Gasteiger partial charge in [-0.05, 0) is 23.5 Å². The van der Waals surface area contributed by atoms with Crippen molar-refractivity contribution in [3.8, 4) is 0 Å². The number of benzene rings is 1. The van der Waals surface area contributed by atoms with Crippen molar-refractivity contribution >= 4 is 17.3 Å². The van der Waals surface area contributed by atoms with Gasteiger partial charge in [0.15, 0.2) is 0 Å².